The number of nitrogens with zero attached hydrogens (tertiary/aromatic N) is 2. The molecule has 9 aromatic carbocycles. The normalized spacial score (nSPS) is 12.9. The third-order valence-corrected chi connectivity index (χ3v) is 11.3. The Balaban J connectivity index is 1.20. The zero-order chi connectivity index (χ0) is 37.3. The van der Waals surface area contributed by atoms with Gasteiger partial charge < -0.3 is 9.80 Å². The van der Waals surface area contributed by atoms with Crippen LogP contribution < -0.4 is 9.80 Å². The Morgan fingerprint density at radius 1 is 0.382 bits per heavy atom. The molecule has 0 saturated carbocycles. The van der Waals surface area contributed by atoms with E-state index >= 15 is 0 Å². The van der Waals surface area contributed by atoms with Crippen LogP contribution >= 0.6 is 0 Å². The van der Waals surface area contributed by atoms with E-state index in [4.69, 9.17) is 0 Å². The van der Waals surface area contributed by atoms with E-state index in [0.29, 0.717) is 0 Å². The van der Waals surface area contributed by atoms with Crippen molar-refractivity contribution in [2.24, 2.45) is 0 Å². The second-order valence-electron chi connectivity index (χ2n) is 14.8. The van der Waals surface area contributed by atoms with Crippen molar-refractivity contribution in [2.45, 2.75) is 19.3 Å². The fourth-order valence-electron chi connectivity index (χ4n) is 8.70. The van der Waals surface area contributed by atoms with Crippen LogP contribution in [0.5, 0.6) is 0 Å². The second-order valence-corrected chi connectivity index (χ2v) is 14.8. The molecule has 264 valence electrons. The maximum atomic E-state index is 14.5. The standard InChI is InChI=1S/C51H36F2N2/c1-51(2)45-31-39(54(37-25-21-35(52)22-26-37)47-19-9-13-33-11-3-5-15-40(33)47)29-30-44(45)50-43-18-8-7-17-42(43)49(32-46(50)51)55(38-27-23-36(53)24-28-38)48-20-10-14-34-12-4-6-16-41(34)48/h3-32H,1-2H3. The highest BCUT2D eigenvalue weighted by molar-refractivity contribution is 6.12. The summed E-state index contributed by atoms with van der Waals surface area (Å²) in [5.41, 5.74) is 10.3. The Labute approximate surface area is 319 Å². The topological polar surface area (TPSA) is 6.48 Å². The van der Waals surface area contributed by atoms with Crippen molar-refractivity contribution in [3.8, 4) is 11.1 Å². The molecule has 0 bridgehead atoms. The van der Waals surface area contributed by atoms with E-state index in [2.05, 4.69) is 157 Å². The maximum Gasteiger partial charge on any atom is 0.123 e. The highest BCUT2D eigenvalue weighted by atomic mass is 19.1. The lowest BCUT2D eigenvalue weighted by Crippen LogP contribution is -2.18. The van der Waals surface area contributed by atoms with Crippen LogP contribution in [0, 0.1) is 11.6 Å². The van der Waals surface area contributed by atoms with E-state index in [1.54, 1.807) is 0 Å². The zero-order valence-electron chi connectivity index (χ0n) is 30.5. The van der Waals surface area contributed by atoms with E-state index < -0.39 is 0 Å². The summed E-state index contributed by atoms with van der Waals surface area (Å²) in [5, 5.41) is 6.76. The number of benzene rings is 9. The van der Waals surface area contributed by atoms with Crippen molar-refractivity contribution >= 4 is 66.4 Å². The van der Waals surface area contributed by atoms with Gasteiger partial charge >= 0.3 is 0 Å². The highest BCUT2D eigenvalue weighted by Gasteiger charge is 2.38. The average molecular weight is 715 g/mol. The summed E-state index contributed by atoms with van der Waals surface area (Å²) >= 11 is 0. The Morgan fingerprint density at radius 2 is 0.855 bits per heavy atom. The summed E-state index contributed by atoms with van der Waals surface area (Å²) in [6, 6.07) is 60.8. The molecule has 1 aliphatic rings. The Bertz CT molecular complexity index is 2920. The zero-order valence-corrected chi connectivity index (χ0v) is 30.5. The van der Waals surface area contributed by atoms with Crippen LogP contribution in [0.25, 0.3) is 43.4 Å². The van der Waals surface area contributed by atoms with E-state index in [1.807, 2.05) is 24.3 Å². The van der Waals surface area contributed by atoms with Gasteiger partial charge in [-0.25, -0.2) is 8.78 Å². The molecule has 10 rings (SSSR count). The summed E-state index contributed by atoms with van der Waals surface area (Å²) in [7, 11) is 0. The van der Waals surface area contributed by atoms with Gasteiger partial charge in [0.05, 0.1) is 17.1 Å². The van der Waals surface area contributed by atoms with E-state index in [1.165, 1.54) is 46.5 Å². The van der Waals surface area contributed by atoms with Gasteiger partial charge in [0.1, 0.15) is 11.6 Å². The van der Waals surface area contributed by atoms with E-state index in [0.717, 1.165) is 66.4 Å². The monoisotopic (exact) mass is 714 g/mol. The summed E-state index contributed by atoms with van der Waals surface area (Å²) < 4.78 is 28.8. The van der Waals surface area contributed by atoms with Gasteiger partial charge in [-0.1, -0.05) is 117 Å². The number of halogens is 2. The molecule has 4 heteroatoms. The van der Waals surface area contributed by atoms with Crippen molar-refractivity contribution in [3.05, 3.63) is 205 Å². The molecule has 0 atom stereocenters. The van der Waals surface area contributed by atoms with Gasteiger partial charge in [-0.05, 0) is 117 Å². The summed E-state index contributed by atoms with van der Waals surface area (Å²) in [5.74, 6) is -0.543. The Kier molecular flexibility index (Phi) is 7.57. The molecule has 0 aromatic heterocycles. The average Bonchev–Trinajstić information content (AvgIpc) is 3.45. The van der Waals surface area contributed by atoms with Crippen molar-refractivity contribution in [1.29, 1.82) is 0 Å². The molecule has 55 heavy (non-hydrogen) atoms. The molecular weight excluding hydrogens is 679 g/mol. The fraction of sp³-hybridized carbons (Fsp3) is 0.0588. The molecular formula is C51H36F2N2. The molecule has 0 amide bonds. The van der Waals surface area contributed by atoms with Gasteiger partial charge in [0.2, 0.25) is 0 Å². The summed E-state index contributed by atoms with van der Waals surface area (Å²) in [4.78, 5) is 4.52. The summed E-state index contributed by atoms with van der Waals surface area (Å²) in [6.07, 6.45) is 0. The van der Waals surface area contributed by atoms with Crippen LogP contribution in [0.3, 0.4) is 0 Å². The fourth-order valence-corrected chi connectivity index (χ4v) is 8.70. The molecule has 9 aromatic rings. The van der Waals surface area contributed by atoms with Crippen LogP contribution in [-0.4, -0.2) is 0 Å². The largest absolute Gasteiger partial charge is 0.310 e. The molecule has 0 unspecified atom stereocenters. The minimum absolute atomic E-state index is 0.270. The highest BCUT2D eigenvalue weighted by Crippen LogP contribution is 2.56. The molecule has 0 N–H and O–H groups in total. The predicted octanol–water partition coefficient (Wildman–Crippen LogP) is 14.7. The molecule has 0 radical (unpaired) electrons. The molecule has 0 fully saturated rings. The van der Waals surface area contributed by atoms with Crippen molar-refractivity contribution in [3.63, 3.8) is 0 Å². The number of hydrogen-bond acceptors (Lipinski definition) is 2. The van der Waals surface area contributed by atoms with Crippen LogP contribution in [0.4, 0.5) is 42.9 Å². The first-order valence-corrected chi connectivity index (χ1v) is 18.6. The number of hydrogen-bond donors (Lipinski definition) is 0. The summed E-state index contributed by atoms with van der Waals surface area (Å²) in [6.45, 7) is 4.61. The van der Waals surface area contributed by atoms with Crippen molar-refractivity contribution in [2.75, 3.05) is 9.80 Å². The van der Waals surface area contributed by atoms with Crippen molar-refractivity contribution in [1.82, 2.24) is 0 Å². The second kappa shape index (κ2) is 12.7. The van der Waals surface area contributed by atoms with Gasteiger partial charge in [0.15, 0.2) is 0 Å². The molecule has 1 aliphatic carbocycles. The van der Waals surface area contributed by atoms with Gasteiger partial charge in [0.25, 0.3) is 0 Å². The predicted molar refractivity (Wildman–Crippen MR) is 226 cm³/mol. The lowest BCUT2D eigenvalue weighted by molar-refractivity contribution is 0.627. The minimum atomic E-state index is -0.389. The maximum absolute atomic E-state index is 14.5. The first-order chi connectivity index (χ1) is 26.9. The molecule has 0 heterocycles. The SMILES string of the molecule is CC1(C)c2cc(N(c3ccc(F)cc3)c3cccc4ccccc34)ccc2-c2c1cc(N(c1ccc(F)cc1)c1cccc3ccccc13)c1ccccc21. The molecule has 0 aliphatic heterocycles. The van der Waals surface area contributed by atoms with E-state index in [9.17, 15) is 8.78 Å². The quantitative estimate of drug-likeness (QED) is 0.169. The smallest absolute Gasteiger partial charge is 0.123 e. The van der Waals surface area contributed by atoms with Crippen LogP contribution in [0.2, 0.25) is 0 Å². The molecule has 0 spiro atoms. The van der Waals surface area contributed by atoms with Crippen LogP contribution in [0.1, 0.15) is 25.0 Å². The molecule has 0 saturated heterocycles. The van der Waals surface area contributed by atoms with Gasteiger partial charge in [-0.3, -0.25) is 0 Å². The molecule has 2 nitrogen and oxygen atoms in total. The van der Waals surface area contributed by atoms with Crippen LogP contribution in [-0.2, 0) is 5.41 Å². The number of rotatable bonds is 6. The number of anilines is 6. The van der Waals surface area contributed by atoms with Gasteiger partial charge in [0, 0.05) is 38.6 Å². The van der Waals surface area contributed by atoms with Crippen molar-refractivity contribution < 1.29 is 8.78 Å². The number of fused-ring (bicyclic) bond motifs is 7. The third kappa shape index (κ3) is 5.28. The van der Waals surface area contributed by atoms with Crippen LogP contribution in [0.15, 0.2) is 182 Å². The Hall–Kier alpha value is -6.78. The van der Waals surface area contributed by atoms with Gasteiger partial charge in [-0.2, -0.15) is 0 Å². The first kappa shape index (κ1) is 32.8. The lowest BCUT2D eigenvalue weighted by Gasteiger charge is -2.31. The Morgan fingerprint density at radius 3 is 1.45 bits per heavy atom. The third-order valence-electron chi connectivity index (χ3n) is 11.3. The minimum Gasteiger partial charge on any atom is -0.310 e. The van der Waals surface area contributed by atoms with E-state index in [-0.39, 0.29) is 17.0 Å². The van der Waals surface area contributed by atoms with Gasteiger partial charge in [-0.15, -0.1) is 0 Å². The first-order valence-electron chi connectivity index (χ1n) is 18.6. The lowest BCUT2D eigenvalue weighted by atomic mass is 9.81.